The topological polar surface area (TPSA) is 96.4 Å². The first-order chi connectivity index (χ1) is 24.3. The molecule has 236 valence electrons. The number of rotatable bonds is 6. The summed E-state index contributed by atoms with van der Waals surface area (Å²) in [6.45, 7) is 1.85. The van der Waals surface area contributed by atoms with Crippen molar-refractivity contribution < 1.29 is 4.74 Å². The Kier molecular flexibility index (Phi) is 6.36. The highest BCUT2D eigenvalue weighted by Gasteiger charge is 2.27. The van der Waals surface area contributed by atoms with Crippen LogP contribution in [-0.4, -0.2) is 39.5 Å². The molecule has 10 rings (SSSR count). The molecule has 49 heavy (non-hydrogen) atoms. The molecule has 2 aliphatic rings. The van der Waals surface area contributed by atoms with Gasteiger partial charge in [-0.05, 0) is 97.5 Å². The lowest BCUT2D eigenvalue weighted by Gasteiger charge is -2.12. The predicted octanol–water partition coefficient (Wildman–Crippen LogP) is 8.32. The van der Waals surface area contributed by atoms with Crippen molar-refractivity contribution in [3.8, 4) is 56.5 Å². The first kappa shape index (κ1) is 27.9. The Morgan fingerprint density at radius 2 is 1.02 bits per heavy atom. The standard InChI is InChI=1S/C40H30N8O/c1-3-17-41-31(7-1)39-37(35-9-5-21-47(35)45-39)29-15-19-43-33-23-25(11-13-27(29)33)49-26-12-14-28-30(16-20-44-34(28)24-26)38-36-10-6-22-48(36)46-40(38)32-8-2-4-18-42-32/h1-4,7-8,11-20,23-24H,5-6,9-10,21-22H2. The summed E-state index contributed by atoms with van der Waals surface area (Å²) in [6, 6.07) is 28.4. The van der Waals surface area contributed by atoms with Crippen LogP contribution in [0.3, 0.4) is 0 Å². The Morgan fingerprint density at radius 1 is 0.510 bits per heavy atom. The molecular weight excluding hydrogens is 608 g/mol. The first-order valence-electron chi connectivity index (χ1n) is 16.8. The van der Waals surface area contributed by atoms with Crippen molar-refractivity contribution in [1.29, 1.82) is 0 Å². The minimum absolute atomic E-state index is 0.713. The second-order valence-electron chi connectivity index (χ2n) is 12.6. The van der Waals surface area contributed by atoms with Gasteiger partial charge < -0.3 is 4.74 Å². The summed E-state index contributed by atoms with van der Waals surface area (Å²) in [5, 5.41) is 12.1. The van der Waals surface area contributed by atoms with Gasteiger partial charge in [0.1, 0.15) is 22.9 Å². The monoisotopic (exact) mass is 638 g/mol. The van der Waals surface area contributed by atoms with E-state index in [4.69, 9.17) is 24.9 Å². The van der Waals surface area contributed by atoms with Crippen molar-refractivity contribution in [3.63, 3.8) is 0 Å². The molecule has 8 aromatic rings. The second kappa shape index (κ2) is 11.2. The molecule has 8 heterocycles. The molecule has 0 bridgehead atoms. The summed E-state index contributed by atoms with van der Waals surface area (Å²) < 4.78 is 10.7. The first-order valence-corrected chi connectivity index (χ1v) is 16.8. The van der Waals surface area contributed by atoms with Gasteiger partial charge in [0.15, 0.2) is 0 Å². The maximum Gasteiger partial charge on any atom is 0.129 e. The molecule has 0 unspecified atom stereocenters. The van der Waals surface area contributed by atoms with E-state index in [-0.39, 0.29) is 0 Å². The fourth-order valence-corrected chi connectivity index (χ4v) is 7.55. The Bertz CT molecular complexity index is 2360. The zero-order chi connectivity index (χ0) is 32.3. The van der Waals surface area contributed by atoms with Crippen LogP contribution in [0, 0.1) is 0 Å². The van der Waals surface area contributed by atoms with Gasteiger partial charge in [-0.2, -0.15) is 10.2 Å². The third-order valence-electron chi connectivity index (χ3n) is 9.70. The number of pyridine rings is 4. The SMILES string of the molecule is c1ccc(-c2nn3c(c2-c2ccnc4cc(Oc5ccc6c(-c7c(-c8ccccn8)nn8c7CCC8)ccnc6c5)ccc24)CCC3)nc1. The molecular formula is C40H30N8O. The molecule has 0 fully saturated rings. The van der Waals surface area contributed by atoms with Gasteiger partial charge in [0, 0.05) is 83.3 Å². The van der Waals surface area contributed by atoms with Crippen LogP contribution in [-0.2, 0) is 25.9 Å². The van der Waals surface area contributed by atoms with Crippen LogP contribution in [0.25, 0.3) is 66.8 Å². The zero-order valence-corrected chi connectivity index (χ0v) is 26.6. The molecule has 0 aliphatic carbocycles. The van der Waals surface area contributed by atoms with E-state index in [0.717, 1.165) is 106 Å². The highest BCUT2D eigenvalue weighted by molar-refractivity contribution is 6.00. The van der Waals surface area contributed by atoms with Gasteiger partial charge in [0.25, 0.3) is 0 Å². The van der Waals surface area contributed by atoms with Gasteiger partial charge in [-0.1, -0.05) is 12.1 Å². The van der Waals surface area contributed by atoms with Crippen LogP contribution in [0.4, 0.5) is 0 Å². The van der Waals surface area contributed by atoms with E-state index in [9.17, 15) is 0 Å². The molecule has 0 saturated carbocycles. The minimum atomic E-state index is 0.713. The van der Waals surface area contributed by atoms with Crippen LogP contribution >= 0.6 is 0 Å². The predicted molar refractivity (Wildman–Crippen MR) is 189 cm³/mol. The lowest BCUT2D eigenvalue weighted by Crippen LogP contribution is -1.94. The van der Waals surface area contributed by atoms with Crippen molar-refractivity contribution in [2.75, 3.05) is 0 Å². The van der Waals surface area contributed by atoms with Crippen LogP contribution in [0.2, 0.25) is 0 Å². The number of ether oxygens (including phenoxy) is 1. The molecule has 9 heteroatoms. The fraction of sp³-hybridized carbons (Fsp3) is 0.150. The summed E-state index contributed by atoms with van der Waals surface area (Å²) in [4.78, 5) is 18.8. The number of benzene rings is 2. The molecule has 2 aliphatic heterocycles. The van der Waals surface area contributed by atoms with E-state index < -0.39 is 0 Å². The summed E-state index contributed by atoms with van der Waals surface area (Å²) in [7, 11) is 0. The maximum atomic E-state index is 6.46. The molecule has 0 amide bonds. The molecule has 0 spiro atoms. The van der Waals surface area contributed by atoms with Crippen molar-refractivity contribution in [2.45, 2.75) is 38.8 Å². The molecule has 6 aromatic heterocycles. The largest absolute Gasteiger partial charge is 0.457 e. The molecule has 0 atom stereocenters. The zero-order valence-electron chi connectivity index (χ0n) is 26.6. The third kappa shape index (κ3) is 4.61. The summed E-state index contributed by atoms with van der Waals surface area (Å²) >= 11 is 0. The average molecular weight is 639 g/mol. The number of nitrogens with zero attached hydrogens (tertiary/aromatic N) is 8. The highest BCUT2D eigenvalue weighted by atomic mass is 16.5. The van der Waals surface area contributed by atoms with E-state index in [1.54, 1.807) is 0 Å². The molecule has 0 radical (unpaired) electrons. The Labute approximate surface area is 281 Å². The number of hydrogen-bond acceptors (Lipinski definition) is 7. The van der Waals surface area contributed by atoms with E-state index in [2.05, 4.69) is 43.6 Å². The van der Waals surface area contributed by atoms with E-state index in [1.165, 1.54) is 11.4 Å². The average Bonchev–Trinajstić information content (AvgIpc) is 3.94. The van der Waals surface area contributed by atoms with Gasteiger partial charge in [0.2, 0.25) is 0 Å². The quantitative estimate of drug-likeness (QED) is 0.181. The molecule has 0 N–H and O–H groups in total. The van der Waals surface area contributed by atoms with Crippen molar-refractivity contribution in [1.82, 2.24) is 39.5 Å². The van der Waals surface area contributed by atoms with Gasteiger partial charge in [-0.3, -0.25) is 29.3 Å². The van der Waals surface area contributed by atoms with Crippen LogP contribution < -0.4 is 4.74 Å². The maximum absolute atomic E-state index is 6.46. The number of aromatic nitrogens is 8. The smallest absolute Gasteiger partial charge is 0.129 e. The normalized spacial score (nSPS) is 13.6. The third-order valence-corrected chi connectivity index (χ3v) is 9.70. The lowest BCUT2D eigenvalue weighted by atomic mass is 9.96. The van der Waals surface area contributed by atoms with Gasteiger partial charge in [-0.25, -0.2) is 0 Å². The van der Waals surface area contributed by atoms with Crippen LogP contribution in [0.5, 0.6) is 11.5 Å². The van der Waals surface area contributed by atoms with E-state index >= 15 is 0 Å². The van der Waals surface area contributed by atoms with Crippen molar-refractivity contribution in [2.24, 2.45) is 0 Å². The van der Waals surface area contributed by atoms with E-state index in [1.807, 2.05) is 85.5 Å². The Hall–Kier alpha value is -6.22. The lowest BCUT2D eigenvalue weighted by molar-refractivity contribution is 0.484. The Balaban J connectivity index is 1.01. The van der Waals surface area contributed by atoms with Crippen LogP contribution in [0.15, 0.2) is 110 Å². The number of aryl methyl sites for hydroxylation is 2. The molecule has 9 nitrogen and oxygen atoms in total. The van der Waals surface area contributed by atoms with Gasteiger partial charge in [0.05, 0.1) is 22.4 Å². The highest BCUT2D eigenvalue weighted by Crippen LogP contribution is 2.42. The van der Waals surface area contributed by atoms with Crippen molar-refractivity contribution >= 4 is 21.8 Å². The van der Waals surface area contributed by atoms with Gasteiger partial charge in [-0.15, -0.1) is 0 Å². The molecule has 2 aromatic carbocycles. The van der Waals surface area contributed by atoms with Crippen molar-refractivity contribution in [3.05, 3.63) is 121 Å². The summed E-state index contributed by atoms with van der Waals surface area (Å²) in [6.07, 6.45) is 11.6. The number of hydrogen-bond donors (Lipinski definition) is 0. The van der Waals surface area contributed by atoms with E-state index in [0.29, 0.717) is 11.5 Å². The Morgan fingerprint density at radius 3 is 1.49 bits per heavy atom. The van der Waals surface area contributed by atoms with Crippen LogP contribution in [0.1, 0.15) is 24.2 Å². The molecule has 0 saturated heterocycles. The number of fused-ring (bicyclic) bond motifs is 4. The summed E-state index contributed by atoms with van der Waals surface area (Å²) in [5.41, 5.74) is 12.3. The minimum Gasteiger partial charge on any atom is -0.457 e. The van der Waals surface area contributed by atoms with Gasteiger partial charge >= 0.3 is 0 Å². The fourth-order valence-electron chi connectivity index (χ4n) is 7.55. The summed E-state index contributed by atoms with van der Waals surface area (Å²) in [5.74, 6) is 1.43. The second-order valence-corrected chi connectivity index (χ2v) is 12.6.